The van der Waals surface area contributed by atoms with Crippen LogP contribution < -0.4 is 10.6 Å². The van der Waals surface area contributed by atoms with Gasteiger partial charge in [0, 0.05) is 38.8 Å². The van der Waals surface area contributed by atoms with Gasteiger partial charge in [-0.2, -0.15) is 0 Å². The molecule has 1 aromatic rings. The van der Waals surface area contributed by atoms with E-state index in [0.29, 0.717) is 23.4 Å². The molecule has 6 nitrogen and oxygen atoms in total. The van der Waals surface area contributed by atoms with Gasteiger partial charge in [0.05, 0.1) is 10.6 Å². The molecule has 31 heavy (non-hydrogen) atoms. The average molecular weight is 563 g/mol. The number of halogens is 1. The second-order valence-electron chi connectivity index (χ2n) is 9.66. The Morgan fingerprint density at radius 3 is 2.35 bits per heavy atom. The van der Waals surface area contributed by atoms with Crippen molar-refractivity contribution in [2.45, 2.75) is 75.3 Å². The van der Waals surface area contributed by atoms with E-state index >= 15 is 0 Å². The number of sulfone groups is 1. The minimum atomic E-state index is -3.33. The van der Waals surface area contributed by atoms with Crippen molar-refractivity contribution in [3.05, 3.63) is 29.8 Å². The predicted molar refractivity (Wildman–Crippen MR) is 139 cm³/mol. The Morgan fingerprint density at radius 1 is 1.13 bits per heavy atom. The van der Waals surface area contributed by atoms with Crippen LogP contribution in [0.1, 0.15) is 58.4 Å². The number of nitrogens with zero attached hydrogens (tertiary/aromatic N) is 2. The highest BCUT2D eigenvalue weighted by Gasteiger charge is 2.30. The van der Waals surface area contributed by atoms with Gasteiger partial charge >= 0.3 is 0 Å². The van der Waals surface area contributed by atoms with Gasteiger partial charge in [-0.05, 0) is 42.4 Å². The van der Waals surface area contributed by atoms with E-state index in [1.807, 2.05) is 12.1 Å². The molecule has 1 saturated carbocycles. The molecule has 8 heteroatoms. The summed E-state index contributed by atoms with van der Waals surface area (Å²) < 4.78 is 25.4. The monoisotopic (exact) mass is 562 g/mol. The lowest BCUT2D eigenvalue weighted by molar-refractivity contribution is 0.242. The summed E-state index contributed by atoms with van der Waals surface area (Å²) in [5, 5.41) is 6.65. The number of benzene rings is 1. The van der Waals surface area contributed by atoms with Crippen molar-refractivity contribution in [3.63, 3.8) is 0 Å². The van der Waals surface area contributed by atoms with Crippen LogP contribution in [0.4, 0.5) is 0 Å². The molecule has 0 bridgehead atoms. The van der Waals surface area contributed by atoms with Gasteiger partial charge in [-0.15, -0.1) is 24.0 Å². The zero-order valence-corrected chi connectivity index (χ0v) is 22.5. The highest BCUT2D eigenvalue weighted by molar-refractivity contribution is 14.0. The molecule has 1 aliphatic carbocycles. The summed E-state index contributed by atoms with van der Waals surface area (Å²) in [6.07, 6.45) is 6.48. The molecule has 2 aliphatic rings. The summed E-state index contributed by atoms with van der Waals surface area (Å²) in [5.41, 5.74) is 1.14. The molecular weight excluding hydrogens is 523 g/mol. The van der Waals surface area contributed by atoms with E-state index in [0.717, 1.165) is 31.1 Å². The minimum Gasteiger partial charge on any atom is -0.355 e. The standard InChI is InChI=1S/C23H38N4O2S.HI/c1-23(2,3)18-9-11-21(12-10-18)30(28,29)16-14-25-22(24-4)26-19-13-15-27(17-19)20-7-5-6-8-20;/h9-12,19-20H,5-8,13-17H2,1-4H3,(H2,24,25,26);1H. The lowest BCUT2D eigenvalue weighted by Gasteiger charge is -2.24. The predicted octanol–water partition coefficient (Wildman–Crippen LogP) is 3.56. The van der Waals surface area contributed by atoms with Crippen molar-refractivity contribution in [2.75, 3.05) is 32.4 Å². The summed E-state index contributed by atoms with van der Waals surface area (Å²) in [6.45, 7) is 8.88. The van der Waals surface area contributed by atoms with Crippen molar-refractivity contribution in [1.82, 2.24) is 15.5 Å². The van der Waals surface area contributed by atoms with E-state index in [2.05, 4.69) is 41.3 Å². The number of hydrogen-bond acceptors (Lipinski definition) is 4. The topological polar surface area (TPSA) is 73.8 Å². The number of guanidine groups is 1. The first kappa shape index (κ1) is 26.4. The van der Waals surface area contributed by atoms with Gasteiger partial charge in [0.2, 0.25) is 0 Å². The summed E-state index contributed by atoms with van der Waals surface area (Å²) >= 11 is 0. The van der Waals surface area contributed by atoms with Gasteiger partial charge in [0.25, 0.3) is 0 Å². The average Bonchev–Trinajstić information content (AvgIpc) is 3.38. The Bertz CT molecular complexity index is 828. The molecule has 2 fully saturated rings. The third kappa shape index (κ3) is 7.32. The molecule has 1 heterocycles. The lowest BCUT2D eigenvalue weighted by Crippen LogP contribution is -2.46. The minimum absolute atomic E-state index is 0. The van der Waals surface area contributed by atoms with Crippen LogP contribution in [0.25, 0.3) is 0 Å². The number of rotatable bonds is 6. The smallest absolute Gasteiger partial charge is 0.191 e. The fourth-order valence-electron chi connectivity index (χ4n) is 4.48. The Labute approximate surface area is 205 Å². The van der Waals surface area contributed by atoms with Crippen molar-refractivity contribution in [1.29, 1.82) is 0 Å². The maximum atomic E-state index is 12.7. The second-order valence-corrected chi connectivity index (χ2v) is 11.8. The molecular formula is C23H39IN4O2S. The molecule has 3 rings (SSSR count). The largest absolute Gasteiger partial charge is 0.355 e. The SMILES string of the molecule is CN=C(NCCS(=O)(=O)c1ccc(C(C)(C)C)cc1)NC1CCN(C2CCCC2)C1.I. The third-order valence-electron chi connectivity index (χ3n) is 6.37. The molecule has 1 unspecified atom stereocenters. The molecule has 0 aromatic heterocycles. The fraction of sp³-hybridized carbons (Fsp3) is 0.696. The van der Waals surface area contributed by atoms with Gasteiger partial charge in [-0.3, -0.25) is 9.89 Å². The first-order valence-electron chi connectivity index (χ1n) is 11.2. The molecule has 1 aromatic carbocycles. The van der Waals surface area contributed by atoms with Crippen molar-refractivity contribution >= 4 is 39.8 Å². The number of nitrogens with one attached hydrogen (secondary N) is 2. The van der Waals surface area contributed by atoms with Crippen molar-refractivity contribution in [3.8, 4) is 0 Å². The molecule has 176 valence electrons. The highest BCUT2D eigenvalue weighted by Crippen LogP contribution is 2.26. The van der Waals surface area contributed by atoms with E-state index in [4.69, 9.17) is 0 Å². The Balaban J connectivity index is 0.00000341. The van der Waals surface area contributed by atoms with Crippen LogP contribution in [-0.4, -0.2) is 63.8 Å². The van der Waals surface area contributed by atoms with E-state index in [1.54, 1.807) is 19.2 Å². The quantitative estimate of drug-likeness (QED) is 0.315. The zero-order valence-electron chi connectivity index (χ0n) is 19.4. The van der Waals surface area contributed by atoms with E-state index in [-0.39, 0.29) is 35.1 Å². The molecule has 0 amide bonds. The lowest BCUT2D eigenvalue weighted by atomic mass is 9.87. The van der Waals surface area contributed by atoms with E-state index in [1.165, 1.54) is 25.7 Å². The third-order valence-corrected chi connectivity index (χ3v) is 8.10. The highest BCUT2D eigenvalue weighted by atomic mass is 127. The van der Waals surface area contributed by atoms with Crippen LogP contribution in [0.15, 0.2) is 34.2 Å². The van der Waals surface area contributed by atoms with Gasteiger partial charge in [-0.1, -0.05) is 45.7 Å². The molecule has 0 spiro atoms. The van der Waals surface area contributed by atoms with E-state index < -0.39 is 9.84 Å². The maximum Gasteiger partial charge on any atom is 0.191 e. The summed E-state index contributed by atoms with van der Waals surface area (Å²) in [6, 6.07) is 8.40. The fourth-order valence-corrected chi connectivity index (χ4v) is 5.64. The summed E-state index contributed by atoms with van der Waals surface area (Å²) in [5.74, 6) is 0.730. The van der Waals surface area contributed by atoms with Crippen LogP contribution in [0.2, 0.25) is 0 Å². The molecule has 1 saturated heterocycles. The van der Waals surface area contributed by atoms with Crippen LogP contribution >= 0.6 is 24.0 Å². The van der Waals surface area contributed by atoms with Crippen molar-refractivity contribution < 1.29 is 8.42 Å². The van der Waals surface area contributed by atoms with Crippen LogP contribution in [-0.2, 0) is 15.3 Å². The van der Waals surface area contributed by atoms with Gasteiger partial charge in [0.15, 0.2) is 15.8 Å². The Kier molecular flexibility index (Phi) is 9.63. The molecule has 1 atom stereocenters. The Morgan fingerprint density at radius 2 is 1.77 bits per heavy atom. The number of aliphatic imine (C=N–C) groups is 1. The molecule has 2 N–H and O–H groups in total. The molecule has 1 aliphatic heterocycles. The first-order chi connectivity index (χ1) is 14.2. The normalized spacial score (nSPS) is 21.2. The zero-order chi connectivity index (χ0) is 21.8. The van der Waals surface area contributed by atoms with E-state index in [9.17, 15) is 8.42 Å². The van der Waals surface area contributed by atoms with Crippen molar-refractivity contribution in [2.24, 2.45) is 4.99 Å². The van der Waals surface area contributed by atoms with Crippen LogP contribution in [0.5, 0.6) is 0 Å². The van der Waals surface area contributed by atoms with Crippen LogP contribution in [0, 0.1) is 0 Å². The van der Waals surface area contributed by atoms with Gasteiger partial charge < -0.3 is 10.6 Å². The van der Waals surface area contributed by atoms with Crippen LogP contribution in [0.3, 0.4) is 0 Å². The second kappa shape index (κ2) is 11.3. The van der Waals surface area contributed by atoms with Gasteiger partial charge in [0.1, 0.15) is 0 Å². The maximum absolute atomic E-state index is 12.7. The first-order valence-corrected chi connectivity index (χ1v) is 12.9. The number of hydrogen-bond donors (Lipinski definition) is 2. The number of likely N-dealkylation sites (tertiary alicyclic amines) is 1. The summed E-state index contributed by atoms with van der Waals surface area (Å²) in [4.78, 5) is 7.26. The Hall–Kier alpha value is -0.870. The van der Waals surface area contributed by atoms with Gasteiger partial charge in [-0.25, -0.2) is 8.42 Å². The molecule has 0 radical (unpaired) electrons. The summed E-state index contributed by atoms with van der Waals surface area (Å²) in [7, 11) is -1.59.